The van der Waals surface area contributed by atoms with Crippen molar-refractivity contribution in [1.29, 1.82) is 0 Å². The summed E-state index contributed by atoms with van der Waals surface area (Å²) in [7, 11) is 2.84. The summed E-state index contributed by atoms with van der Waals surface area (Å²) in [5.41, 5.74) is 1.01. The van der Waals surface area contributed by atoms with E-state index in [2.05, 4.69) is 9.72 Å². The van der Waals surface area contributed by atoms with Crippen molar-refractivity contribution in [2.75, 3.05) is 14.2 Å². The molecule has 1 heterocycles. The van der Waals surface area contributed by atoms with Gasteiger partial charge in [0.15, 0.2) is 6.29 Å². The number of benzene rings is 1. The number of nitrogens with zero attached hydrogens (tertiary/aromatic N) is 1. The number of carbonyl (C=O) groups excluding carboxylic acids is 2. The van der Waals surface area contributed by atoms with Gasteiger partial charge < -0.3 is 14.2 Å². The van der Waals surface area contributed by atoms with Crippen LogP contribution in [0.25, 0.3) is 0 Å². The van der Waals surface area contributed by atoms with Crippen LogP contribution in [0.1, 0.15) is 26.4 Å². The molecule has 0 radical (unpaired) electrons. The number of esters is 1. The van der Waals surface area contributed by atoms with Gasteiger partial charge in [-0.15, -0.1) is 0 Å². The second kappa shape index (κ2) is 7.21. The zero-order valence-electron chi connectivity index (χ0n) is 12.2. The van der Waals surface area contributed by atoms with Gasteiger partial charge in [0.25, 0.3) is 0 Å². The maximum absolute atomic E-state index is 11.5. The molecule has 0 spiro atoms. The van der Waals surface area contributed by atoms with E-state index in [1.807, 2.05) is 24.3 Å². The summed E-state index contributed by atoms with van der Waals surface area (Å²) in [6, 6.07) is 10.3. The second-order valence-electron chi connectivity index (χ2n) is 4.33. The van der Waals surface area contributed by atoms with Crippen molar-refractivity contribution >= 4 is 12.3 Å². The molecule has 0 atom stereocenters. The molecule has 22 heavy (non-hydrogen) atoms. The van der Waals surface area contributed by atoms with Crippen LogP contribution >= 0.6 is 0 Å². The highest BCUT2D eigenvalue weighted by atomic mass is 16.5. The van der Waals surface area contributed by atoms with Crippen LogP contribution in [0.3, 0.4) is 0 Å². The second-order valence-corrected chi connectivity index (χ2v) is 4.33. The maximum Gasteiger partial charge on any atom is 0.340 e. The van der Waals surface area contributed by atoms with Crippen molar-refractivity contribution in [3.63, 3.8) is 0 Å². The Hall–Kier alpha value is -2.89. The van der Waals surface area contributed by atoms with E-state index in [-0.39, 0.29) is 23.7 Å². The summed E-state index contributed by atoms with van der Waals surface area (Å²) in [4.78, 5) is 26.5. The average Bonchev–Trinajstić information content (AvgIpc) is 2.59. The zero-order valence-corrected chi connectivity index (χ0v) is 12.2. The first-order valence-electron chi connectivity index (χ1n) is 6.48. The molecule has 6 nitrogen and oxygen atoms in total. The van der Waals surface area contributed by atoms with Crippen molar-refractivity contribution < 1.29 is 23.8 Å². The number of pyridine rings is 1. The molecule has 2 aromatic rings. The predicted octanol–water partition coefficient (Wildman–Crippen LogP) is 2.27. The van der Waals surface area contributed by atoms with E-state index >= 15 is 0 Å². The number of rotatable bonds is 6. The van der Waals surface area contributed by atoms with E-state index in [1.165, 1.54) is 19.2 Å². The number of carbonyl (C=O) groups is 2. The number of methoxy groups -OCH3 is 2. The molecule has 0 aliphatic rings. The molecule has 0 aliphatic carbocycles. The topological polar surface area (TPSA) is 74.7 Å². The number of ether oxygens (including phenoxy) is 3. The number of hydrogen-bond acceptors (Lipinski definition) is 6. The van der Waals surface area contributed by atoms with E-state index in [9.17, 15) is 9.59 Å². The fraction of sp³-hybridized carbons (Fsp3) is 0.188. The van der Waals surface area contributed by atoms with Crippen molar-refractivity contribution in [3.05, 3.63) is 53.2 Å². The molecule has 114 valence electrons. The largest absolute Gasteiger partial charge is 0.497 e. The van der Waals surface area contributed by atoms with E-state index in [4.69, 9.17) is 9.47 Å². The summed E-state index contributed by atoms with van der Waals surface area (Å²) in [5.74, 6) is 0.398. The first-order valence-corrected chi connectivity index (χ1v) is 6.48. The van der Waals surface area contributed by atoms with Gasteiger partial charge in [-0.3, -0.25) is 4.79 Å². The molecular weight excluding hydrogens is 286 g/mol. The van der Waals surface area contributed by atoms with Gasteiger partial charge in [-0.05, 0) is 23.8 Å². The van der Waals surface area contributed by atoms with Gasteiger partial charge in [-0.2, -0.15) is 0 Å². The van der Waals surface area contributed by atoms with Crippen LogP contribution in [-0.2, 0) is 11.3 Å². The highest BCUT2D eigenvalue weighted by Gasteiger charge is 2.13. The first-order chi connectivity index (χ1) is 10.7. The quantitative estimate of drug-likeness (QED) is 0.602. The molecule has 0 fully saturated rings. The summed E-state index contributed by atoms with van der Waals surface area (Å²) in [5, 5.41) is 0. The Morgan fingerprint density at radius 3 is 2.45 bits per heavy atom. The molecule has 0 N–H and O–H groups in total. The first kappa shape index (κ1) is 15.5. The normalized spacial score (nSPS) is 9.91. The third-order valence-corrected chi connectivity index (χ3v) is 2.96. The van der Waals surface area contributed by atoms with Crippen LogP contribution in [-0.4, -0.2) is 31.5 Å². The third kappa shape index (κ3) is 3.60. The van der Waals surface area contributed by atoms with Gasteiger partial charge in [0.05, 0.1) is 19.8 Å². The highest BCUT2D eigenvalue weighted by Crippen LogP contribution is 2.16. The maximum atomic E-state index is 11.5. The fourth-order valence-electron chi connectivity index (χ4n) is 1.79. The summed E-state index contributed by atoms with van der Waals surface area (Å²) < 4.78 is 15.2. The lowest BCUT2D eigenvalue weighted by molar-refractivity contribution is 0.0597. The van der Waals surface area contributed by atoms with Crippen LogP contribution < -0.4 is 9.47 Å². The Morgan fingerprint density at radius 2 is 1.86 bits per heavy atom. The molecule has 1 aromatic heterocycles. The minimum absolute atomic E-state index is 0.0147. The van der Waals surface area contributed by atoms with Crippen LogP contribution in [0.15, 0.2) is 36.4 Å². The Labute approximate surface area is 127 Å². The average molecular weight is 301 g/mol. The Kier molecular flexibility index (Phi) is 5.08. The Morgan fingerprint density at radius 1 is 1.14 bits per heavy atom. The molecule has 0 unspecified atom stereocenters. The lowest BCUT2D eigenvalue weighted by Gasteiger charge is -2.08. The summed E-state index contributed by atoms with van der Waals surface area (Å²) in [6.45, 7) is 0.285. The van der Waals surface area contributed by atoms with Crippen LogP contribution in [0.5, 0.6) is 11.6 Å². The van der Waals surface area contributed by atoms with Crippen molar-refractivity contribution in [2.24, 2.45) is 0 Å². The lowest BCUT2D eigenvalue weighted by Crippen LogP contribution is -2.08. The smallest absolute Gasteiger partial charge is 0.340 e. The minimum Gasteiger partial charge on any atom is -0.497 e. The SMILES string of the molecule is COC(=O)c1ccc(OCc2ccc(OC)cc2)nc1C=O. The van der Waals surface area contributed by atoms with Crippen molar-refractivity contribution in [3.8, 4) is 11.6 Å². The van der Waals surface area contributed by atoms with Gasteiger partial charge in [-0.1, -0.05) is 12.1 Å². The number of hydrogen-bond donors (Lipinski definition) is 0. The van der Waals surface area contributed by atoms with Crippen LogP contribution in [0.2, 0.25) is 0 Å². The van der Waals surface area contributed by atoms with Gasteiger partial charge in [-0.25, -0.2) is 9.78 Å². The Balaban J connectivity index is 2.09. The molecule has 0 saturated heterocycles. The molecule has 0 aliphatic heterocycles. The van der Waals surface area contributed by atoms with Crippen molar-refractivity contribution in [2.45, 2.75) is 6.61 Å². The predicted molar refractivity (Wildman–Crippen MR) is 78.3 cm³/mol. The van der Waals surface area contributed by atoms with E-state index in [1.54, 1.807) is 7.11 Å². The molecule has 0 saturated carbocycles. The molecular formula is C16H15NO5. The van der Waals surface area contributed by atoms with E-state index < -0.39 is 5.97 Å². The lowest BCUT2D eigenvalue weighted by atomic mass is 10.2. The summed E-state index contributed by atoms with van der Waals surface area (Å²) in [6.07, 6.45) is 0.493. The van der Waals surface area contributed by atoms with E-state index in [0.29, 0.717) is 6.29 Å². The zero-order chi connectivity index (χ0) is 15.9. The molecule has 0 bridgehead atoms. The molecule has 2 rings (SSSR count). The van der Waals surface area contributed by atoms with Gasteiger partial charge in [0.2, 0.25) is 5.88 Å². The van der Waals surface area contributed by atoms with E-state index in [0.717, 1.165) is 11.3 Å². The minimum atomic E-state index is -0.615. The molecule has 6 heteroatoms. The van der Waals surface area contributed by atoms with Crippen LogP contribution in [0, 0.1) is 0 Å². The van der Waals surface area contributed by atoms with Gasteiger partial charge in [0, 0.05) is 6.07 Å². The van der Waals surface area contributed by atoms with Crippen molar-refractivity contribution in [1.82, 2.24) is 4.98 Å². The highest BCUT2D eigenvalue weighted by molar-refractivity contribution is 5.97. The molecule has 0 amide bonds. The van der Waals surface area contributed by atoms with Gasteiger partial charge in [0.1, 0.15) is 18.1 Å². The standard InChI is InChI=1S/C16H15NO5/c1-20-12-5-3-11(4-6-12)10-22-15-8-7-13(16(19)21-2)14(9-18)17-15/h3-9H,10H2,1-2H3. The Bertz CT molecular complexity index is 667. The monoisotopic (exact) mass is 301 g/mol. The van der Waals surface area contributed by atoms with Gasteiger partial charge >= 0.3 is 5.97 Å². The van der Waals surface area contributed by atoms with Crippen LogP contribution in [0.4, 0.5) is 0 Å². The third-order valence-electron chi connectivity index (χ3n) is 2.96. The molecule has 1 aromatic carbocycles. The number of aromatic nitrogens is 1. The fourth-order valence-corrected chi connectivity index (χ4v) is 1.79. The number of aldehydes is 1. The summed E-state index contributed by atoms with van der Waals surface area (Å²) >= 11 is 0.